The third-order valence-corrected chi connectivity index (χ3v) is 2.44. The maximum absolute atomic E-state index is 10.8. The zero-order valence-corrected chi connectivity index (χ0v) is 10.2. The Morgan fingerprint density at radius 1 is 1.38 bits per heavy atom. The molecule has 3 nitrogen and oxygen atoms in total. The van der Waals surface area contributed by atoms with Crippen LogP contribution >= 0.6 is 11.6 Å². The van der Waals surface area contributed by atoms with Gasteiger partial charge >= 0.3 is 5.97 Å². The molecule has 88 valence electrons. The highest BCUT2D eigenvalue weighted by molar-refractivity contribution is 6.30. The molecule has 1 atom stereocenters. The van der Waals surface area contributed by atoms with E-state index in [1.807, 2.05) is 26.0 Å². The average molecular weight is 242 g/mol. The summed E-state index contributed by atoms with van der Waals surface area (Å²) in [5.41, 5.74) is 0.945. The van der Waals surface area contributed by atoms with Crippen LogP contribution in [0.5, 0.6) is 0 Å². The Morgan fingerprint density at radius 2 is 1.94 bits per heavy atom. The fourth-order valence-corrected chi connectivity index (χ4v) is 1.67. The molecule has 0 fully saturated rings. The first-order chi connectivity index (χ1) is 7.49. The first-order valence-corrected chi connectivity index (χ1v) is 5.60. The molecule has 4 heteroatoms. The second kappa shape index (κ2) is 5.87. The molecule has 1 unspecified atom stereocenters. The van der Waals surface area contributed by atoms with E-state index in [0.29, 0.717) is 5.02 Å². The second-order valence-corrected chi connectivity index (χ2v) is 4.46. The molecule has 1 aromatic carbocycles. The number of nitrogens with one attached hydrogen (secondary N) is 1. The van der Waals surface area contributed by atoms with Gasteiger partial charge in [-0.1, -0.05) is 37.6 Å². The van der Waals surface area contributed by atoms with E-state index in [-0.39, 0.29) is 18.5 Å². The summed E-state index contributed by atoms with van der Waals surface area (Å²) in [5.74, 6) is -0.812. The van der Waals surface area contributed by atoms with Crippen molar-refractivity contribution in [2.45, 2.75) is 32.4 Å². The van der Waals surface area contributed by atoms with Crippen LogP contribution in [0.3, 0.4) is 0 Å². The predicted molar refractivity (Wildman–Crippen MR) is 64.7 cm³/mol. The molecule has 2 N–H and O–H groups in total. The fourth-order valence-electron chi connectivity index (χ4n) is 1.55. The number of carboxylic acids is 1. The number of carbonyl (C=O) groups is 1. The Morgan fingerprint density at radius 3 is 2.38 bits per heavy atom. The van der Waals surface area contributed by atoms with E-state index in [1.54, 1.807) is 12.1 Å². The van der Waals surface area contributed by atoms with Crippen molar-refractivity contribution in [1.29, 1.82) is 0 Å². The van der Waals surface area contributed by atoms with Crippen LogP contribution < -0.4 is 5.32 Å². The van der Waals surface area contributed by atoms with Crippen molar-refractivity contribution in [3.8, 4) is 0 Å². The number of carboxylic acid groups (broad SMARTS) is 1. The van der Waals surface area contributed by atoms with E-state index in [9.17, 15) is 4.79 Å². The molecule has 0 spiro atoms. The largest absolute Gasteiger partial charge is 0.481 e. The summed E-state index contributed by atoms with van der Waals surface area (Å²) in [7, 11) is 0. The summed E-state index contributed by atoms with van der Waals surface area (Å²) in [6.45, 7) is 3.98. The van der Waals surface area contributed by atoms with Crippen LogP contribution in [0.2, 0.25) is 5.02 Å². The van der Waals surface area contributed by atoms with Gasteiger partial charge in [0.2, 0.25) is 0 Å². The molecular weight excluding hydrogens is 226 g/mol. The summed E-state index contributed by atoms with van der Waals surface area (Å²) in [4.78, 5) is 10.8. The highest BCUT2D eigenvalue weighted by atomic mass is 35.5. The van der Waals surface area contributed by atoms with Gasteiger partial charge in [0.25, 0.3) is 0 Å². The van der Waals surface area contributed by atoms with Crippen molar-refractivity contribution in [1.82, 2.24) is 5.32 Å². The molecule has 0 saturated carbocycles. The van der Waals surface area contributed by atoms with Gasteiger partial charge in [0.05, 0.1) is 6.42 Å². The van der Waals surface area contributed by atoms with Crippen molar-refractivity contribution in [2.24, 2.45) is 0 Å². The van der Waals surface area contributed by atoms with Gasteiger partial charge in [-0.3, -0.25) is 4.79 Å². The summed E-state index contributed by atoms with van der Waals surface area (Å²) in [6, 6.07) is 7.31. The van der Waals surface area contributed by atoms with Crippen LogP contribution in [0.4, 0.5) is 0 Å². The van der Waals surface area contributed by atoms with Crippen LogP contribution in [-0.4, -0.2) is 17.1 Å². The van der Waals surface area contributed by atoms with Crippen LogP contribution in [0.1, 0.15) is 31.9 Å². The third kappa shape index (κ3) is 4.21. The van der Waals surface area contributed by atoms with Crippen molar-refractivity contribution in [3.05, 3.63) is 34.9 Å². The molecule has 16 heavy (non-hydrogen) atoms. The summed E-state index contributed by atoms with van der Waals surface area (Å²) < 4.78 is 0. The SMILES string of the molecule is CC(C)NC(CC(=O)O)c1ccc(Cl)cc1. The summed E-state index contributed by atoms with van der Waals surface area (Å²) >= 11 is 5.79. The molecule has 0 radical (unpaired) electrons. The van der Waals surface area contributed by atoms with Gasteiger partial charge in [-0.25, -0.2) is 0 Å². The van der Waals surface area contributed by atoms with E-state index in [1.165, 1.54) is 0 Å². The Labute approximate surface area is 100 Å². The van der Waals surface area contributed by atoms with Gasteiger partial charge in [0, 0.05) is 17.1 Å². The lowest BCUT2D eigenvalue weighted by Crippen LogP contribution is -2.29. The van der Waals surface area contributed by atoms with Crippen molar-refractivity contribution in [3.63, 3.8) is 0 Å². The molecule has 0 amide bonds. The van der Waals surface area contributed by atoms with Crippen LogP contribution in [0, 0.1) is 0 Å². The first kappa shape index (κ1) is 13.0. The van der Waals surface area contributed by atoms with E-state index in [0.717, 1.165) is 5.56 Å². The van der Waals surface area contributed by atoms with Gasteiger partial charge in [0.15, 0.2) is 0 Å². The molecule has 0 aliphatic heterocycles. The van der Waals surface area contributed by atoms with E-state index >= 15 is 0 Å². The minimum Gasteiger partial charge on any atom is -0.481 e. The summed E-state index contributed by atoms with van der Waals surface area (Å²) in [6.07, 6.45) is 0.0693. The van der Waals surface area contributed by atoms with Gasteiger partial charge in [0.1, 0.15) is 0 Å². The van der Waals surface area contributed by atoms with E-state index < -0.39 is 5.97 Å². The molecule has 1 rings (SSSR count). The Kier molecular flexibility index (Phi) is 4.77. The van der Waals surface area contributed by atoms with Gasteiger partial charge < -0.3 is 10.4 Å². The van der Waals surface area contributed by atoms with Crippen molar-refractivity contribution < 1.29 is 9.90 Å². The van der Waals surface area contributed by atoms with Gasteiger partial charge in [-0.05, 0) is 17.7 Å². The number of aliphatic carboxylic acids is 1. The zero-order chi connectivity index (χ0) is 12.1. The van der Waals surface area contributed by atoms with Crippen LogP contribution in [0.15, 0.2) is 24.3 Å². The molecular formula is C12H16ClNO2. The fraction of sp³-hybridized carbons (Fsp3) is 0.417. The lowest BCUT2D eigenvalue weighted by molar-refractivity contribution is -0.137. The minimum atomic E-state index is -0.812. The maximum atomic E-state index is 10.8. The van der Waals surface area contributed by atoms with E-state index in [4.69, 9.17) is 16.7 Å². The number of halogens is 1. The average Bonchev–Trinajstić information content (AvgIpc) is 2.16. The topological polar surface area (TPSA) is 49.3 Å². The zero-order valence-electron chi connectivity index (χ0n) is 9.40. The number of rotatable bonds is 5. The van der Waals surface area contributed by atoms with Crippen molar-refractivity contribution >= 4 is 17.6 Å². The highest BCUT2D eigenvalue weighted by Crippen LogP contribution is 2.19. The molecule has 0 saturated heterocycles. The van der Waals surface area contributed by atoms with Crippen LogP contribution in [0.25, 0.3) is 0 Å². The normalized spacial score (nSPS) is 12.8. The lowest BCUT2D eigenvalue weighted by atomic mass is 10.0. The minimum absolute atomic E-state index is 0.0693. The van der Waals surface area contributed by atoms with Crippen LogP contribution in [-0.2, 0) is 4.79 Å². The Hall–Kier alpha value is -1.06. The smallest absolute Gasteiger partial charge is 0.305 e. The molecule has 0 aliphatic carbocycles. The maximum Gasteiger partial charge on any atom is 0.305 e. The first-order valence-electron chi connectivity index (χ1n) is 5.22. The molecule has 0 heterocycles. The molecule has 0 aromatic heterocycles. The van der Waals surface area contributed by atoms with Gasteiger partial charge in [-0.2, -0.15) is 0 Å². The number of hydrogen-bond donors (Lipinski definition) is 2. The monoisotopic (exact) mass is 241 g/mol. The number of benzene rings is 1. The lowest BCUT2D eigenvalue weighted by Gasteiger charge is -2.20. The quantitative estimate of drug-likeness (QED) is 0.834. The third-order valence-electron chi connectivity index (χ3n) is 2.19. The Bertz CT molecular complexity index is 349. The summed E-state index contributed by atoms with van der Waals surface area (Å²) in [5, 5.41) is 12.7. The van der Waals surface area contributed by atoms with E-state index in [2.05, 4.69) is 5.32 Å². The Balaban J connectivity index is 2.82. The molecule has 1 aromatic rings. The predicted octanol–water partition coefficient (Wildman–Crippen LogP) is 2.85. The molecule has 0 aliphatic rings. The molecule has 0 bridgehead atoms. The number of hydrogen-bond acceptors (Lipinski definition) is 2. The highest BCUT2D eigenvalue weighted by Gasteiger charge is 2.15. The van der Waals surface area contributed by atoms with Crippen molar-refractivity contribution in [2.75, 3.05) is 0 Å². The second-order valence-electron chi connectivity index (χ2n) is 4.02. The standard InChI is InChI=1S/C12H16ClNO2/c1-8(2)14-11(7-12(15)16)9-3-5-10(13)6-4-9/h3-6,8,11,14H,7H2,1-2H3,(H,15,16). The van der Waals surface area contributed by atoms with Gasteiger partial charge in [-0.15, -0.1) is 0 Å².